The molecule has 0 saturated carbocycles. The van der Waals surface area contributed by atoms with E-state index in [1.165, 1.54) is 25.8 Å². The van der Waals surface area contributed by atoms with Crippen molar-refractivity contribution < 1.29 is 0 Å². The minimum Gasteiger partial charge on any atom is -0.313 e. The fraction of sp³-hybridized carbons (Fsp3) is 0.857. The average molecular weight is 265 g/mol. The van der Waals surface area contributed by atoms with Gasteiger partial charge in [-0.2, -0.15) is 5.10 Å². The molecule has 0 aliphatic carbocycles. The van der Waals surface area contributed by atoms with Gasteiger partial charge in [0.25, 0.3) is 0 Å². The topological polar surface area (TPSA) is 46.0 Å². The molecular weight excluding hydrogens is 238 g/mol. The van der Waals surface area contributed by atoms with Crippen LogP contribution >= 0.6 is 0 Å². The molecule has 1 aliphatic rings. The van der Waals surface area contributed by atoms with Crippen LogP contribution in [0.2, 0.25) is 0 Å². The number of hydrogen-bond acceptors (Lipinski definition) is 4. The highest BCUT2D eigenvalue weighted by Crippen LogP contribution is 2.12. The molecule has 1 aromatic heterocycles. The lowest BCUT2D eigenvalue weighted by molar-refractivity contribution is 0.230. The SMILES string of the molecule is CCCN(Cc1ncnn1C(C)C)CC1CCCN1. The van der Waals surface area contributed by atoms with Crippen molar-refractivity contribution in [1.82, 2.24) is 25.0 Å². The Morgan fingerprint density at radius 3 is 3.00 bits per heavy atom. The molecule has 1 aliphatic heterocycles. The third kappa shape index (κ3) is 4.01. The van der Waals surface area contributed by atoms with Gasteiger partial charge in [0.15, 0.2) is 0 Å². The number of rotatable bonds is 7. The summed E-state index contributed by atoms with van der Waals surface area (Å²) in [5, 5.41) is 7.90. The number of hydrogen-bond donors (Lipinski definition) is 1. The van der Waals surface area contributed by atoms with Crippen LogP contribution in [0.5, 0.6) is 0 Å². The highest BCUT2D eigenvalue weighted by molar-refractivity contribution is 4.88. The Bertz CT molecular complexity index is 368. The molecule has 1 aromatic rings. The monoisotopic (exact) mass is 265 g/mol. The molecule has 0 bridgehead atoms. The predicted molar refractivity (Wildman–Crippen MR) is 77.0 cm³/mol. The van der Waals surface area contributed by atoms with Gasteiger partial charge in [0.2, 0.25) is 0 Å². The maximum Gasteiger partial charge on any atom is 0.141 e. The normalized spacial score (nSPS) is 19.7. The molecule has 1 atom stereocenters. The molecule has 19 heavy (non-hydrogen) atoms. The summed E-state index contributed by atoms with van der Waals surface area (Å²) in [6, 6.07) is 1.03. The van der Waals surface area contributed by atoms with E-state index in [0.717, 1.165) is 25.5 Å². The molecule has 108 valence electrons. The van der Waals surface area contributed by atoms with E-state index in [0.29, 0.717) is 12.1 Å². The van der Waals surface area contributed by atoms with Gasteiger partial charge in [-0.25, -0.2) is 9.67 Å². The van der Waals surface area contributed by atoms with E-state index in [1.54, 1.807) is 6.33 Å². The zero-order valence-corrected chi connectivity index (χ0v) is 12.5. The number of aromatic nitrogens is 3. The predicted octanol–water partition coefficient (Wildman–Crippen LogP) is 1.82. The van der Waals surface area contributed by atoms with Crippen molar-refractivity contribution >= 4 is 0 Å². The highest BCUT2D eigenvalue weighted by atomic mass is 15.4. The molecule has 2 heterocycles. The zero-order valence-electron chi connectivity index (χ0n) is 12.5. The molecule has 1 fully saturated rings. The minimum atomic E-state index is 0.380. The molecule has 0 spiro atoms. The fourth-order valence-electron chi connectivity index (χ4n) is 2.79. The van der Waals surface area contributed by atoms with E-state index in [1.807, 2.05) is 4.68 Å². The molecule has 0 aromatic carbocycles. The van der Waals surface area contributed by atoms with Crippen LogP contribution in [0.25, 0.3) is 0 Å². The van der Waals surface area contributed by atoms with Gasteiger partial charge >= 0.3 is 0 Å². The number of nitrogens with one attached hydrogen (secondary N) is 1. The third-order valence-electron chi connectivity index (χ3n) is 3.68. The zero-order chi connectivity index (χ0) is 13.7. The van der Waals surface area contributed by atoms with Crippen LogP contribution in [0.4, 0.5) is 0 Å². The summed E-state index contributed by atoms with van der Waals surface area (Å²) < 4.78 is 2.03. The first kappa shape index (κ1) is 14.5. The molecule has 0 amide bonds. The van der Waals surface area contributed by atoms with Crippen molar-refractivity contribution in [2.75, 3.05) is 19.6 Å². The van der Waals surface area contributed by atoms with Gasteiger partial charge < -0.3 is 5.32 Å². The van der Waals surface area contributed by atoms with E-state index >= 15 is 0 Å². The summed E-state index contributed by atoms with van der Waals surface area (Å²) in [6.45, 7) is 10.9. The third-order valence-corrected chi connectivity index (χ3v) is 3.68. The molecule has 1 unspecified atom stereocenters. The van der Waals surface area contributed by atoms with E-state index in [9.17, 15) is 0 Å². The molecule has 5 heteroatoms. The summed E-state index contributed by atoms with van der Waals surface area (Å²) >= 11 is 0. The first-order valence-electron chi connectivity index (χ1n) is 7.54. The first-order chi connectivity index (χ1) is 9.20. The molecule has 2 rings (SSSR count). The Hall–Kier alpha value is -0.940. The van der Waals surface area contributed by atoms with Gasteiger partial charge in [0.1, 0.15) is 12.2 Å². The van der Waals surface area contributed by atoms with Crippen molar-refractivity contribution in [3.63, 3.8) is 0 Å². The molecule has 5 nitrogen and oxygen atoms in total. The average Bonchev–Trinajstić information content (AvgIpc) is 3.00. The number of nitrogens with zero attached hydrogens (tertiary/aromatic N) is 4. The van der Waals surface area contributed by atoms with Crippen molar-refractivity contribution in [2.45, 2.75) is 58.7 Å². The van der Waals surface area contributed by atoms with Crippen LogP contribution in [0.3, 0.4) is 0 Å². The molecule has 1 saturated heterocycles. The molecule has 1 N–H and O–H groups in total. The second kappa shape index (κ2) is 7.01. The summed E-state index contributed by atoms with van der Waals surface area (Å²) in [5.74, 6) is 1.08. The highest BCUT2D eigenvalue weighted by Gasteiger charge is 2.19. The second-order valence-corrected chi connectivity index (χ2v) is 5.74. The lowest BCUT2D eigenvalue weighted by Gasteiger charge is -2.25. The summed E-state index contributed by atoms with van der Waals surface area (Å²) in [4.78, 5) is 6.93. The van der Waals surface area contributed by atoms with E-state index in [2.05, 4.69) is 41.1 Å². The Labute approximate surface area is 116 Å². The summed E-state index contributed by atoms with van der Waals surface area (Å²) in [6.07, 6.45) is 5.47. The van der Waals surface area contributed by atoms with E-state index < -0.39 is 0 Å². The van der Waals surface area contributed by atoms with Crippen LogP contribution in [0, 0.1) is 0 Å². The Balaban J connectivity index is 1.96. The molecule has 0 radical (unpaired) electrons. The fourth-order valence-corrected chi connectivity index (χ4v) is 2.79. The maximum atomic E-state index is 4.42. The van der Waals surface area contributed by atoms with Crippen molar-refractivity contribution in [3.05, 3.63) is 12.2 Å². The minimum absolute atomic E-state index is 0.380. The summed E-state index contributed by atoms with van der Waals surface area (Å²) in [5.41, 5.74) is 0. The van der Waals surface area contributed by atoms with Gasteiger partial charge in [0.05, 0.1) is 6.54 Å². The Morgan fingerprint density at radius 1 is 1.53 bits per heavy atom. The van der Waals surface area contributed by atoms with Crippen LogP contribution in [0.1, 0.15) is 51.9 Å². The van der Waals surface area contributed by atoms with Crippen LogP contribution in [-0.4, -0.2) is 45.3 Å². The quantitative estimate of drug-likeness (QED) is 0.817. The van der Waals surface area contributed by atoms with Crippen molar-refractivity contribution in [3.8, 4) is 0 Å². The second-order valence-electron chi connectivity index (χ2n) is 5.74. The van der Waals surface area contributed by atoms with Crippen LogP contribution < -0.4 is 5.32 Å². The molecular formula is C14H27N5. The lowest BCUT2D eigenvalue weighted by atomic mass is 10.2. The van der Waals surface area contributed by atoms with E-state index in [4.69, 9.17) is 0 Å². The van der Waals surface area contributed by atoms with Crippen molar-refractivity contribution in [2.24, 2.45) is 0 Å². The smallest absolute Gasteiger partial charge is 0.141 e. The van der Waals surface area contributed by atoms with Gasteiger partial charge in [-0.05, 0) is 46.2 Å². The van der Waals surface area contributed by atoms with Gasteiger partial charge in [0, 0.05) is 18.6 Å². The lowest BCUT2D eigenvalue weighted by Crippen LogP contribution is -2.38. The van der Waals surface area contributed by atoms with Gasteiger partial charge in [-0.3, -0.25) is 4.90 Å². The first-order valence-corrected chi connectivity index (χ1v) is 7.54. The summed E-state index contributed by atoms with van der Waals surface area (Å²) in [7, 11) is 0. The standard InChI is InChI=1S/C14H27N5/c1-4-8-18(9-13-6-5-7-15-13)10-14-16-11-17-19(14)12(2)3/h11-13,15H,4-10H2,1-3H3. The van der Waals surface area contributed by atoms with Crippen LogP contribution in [-0.2, 0) is 6.54 Å². The van der Waals surface area contributed by atoms with Crippen LogP contribution in [0.15, 0.2) is 6.33 Å². The van der Waals surface area contributed by atoms with Gasteiger partial charge in [-0.1, -0.05) is 6.92 Å². The Morgan fingerprint density at radius 2 is 2.37 bits per heavy atom. The maximum absolute atomic E-state index is 4.42. The van der Waals surface area contributed by atoms with E-state index in [-0.39, 0.29) is 0 Å². The largest absolute Gasteiger partial charge is 0.313 e. The van der Waals surface area contributed by atoms with Crippen molar-refractivity contribution in [1.29, 1.82) is 0 Å². The Kier molecular flexibility index (Phi) is 5.34. The van der Waals surface area contributed by atoms with Gasteiger partial charge in [-0.15, -0.1) is 0 Å².